The molecule has 1 aliphatic carbocycles. The third kappa shape index (κ3) is 7.83. The SMILES string of the molecule is CCC(C(=O)NC1CCCC1)N(Cc1ccc(Cl)cc1Cl)C(=O)CN(c1cccc(Br)c1)S(=O)(=O)c1ccccc1. The molecule has 1 atom stereocenters. The second-order valence-electron chi connectivity index (χ2n) is 9.98. The Morgan fingerprint density at radius 1 is 1.00 bits per heavy atom. The molecule has 11 heteroatoms. The van der Waals surface area contributed by atoms with Crippen molar-refractivity contribution >= 4 is 66.7 Å². The second-order valence-corrected chi connectivity index (χ2v) is 13.6. The number of hydrogen-bond donors (Lipinski definition) is 1. The first-order valence-electron chi connectivity index (χ1n) is 13.5. The van der Waals surface area contributed by atoms with Gasteiger partial charge in [-0.2, -0.15) is 0 Å². The van der Waals surface area contributed by atoms with E-state index in [1.165, 1.54) is 17.0 Å². The van der Waals surface area contributed by atoms with Gasteiger partial charge in [0, 0.05) is 27.1 Å². The molecule has 1 N–H and O–H groups in total. The van der Waals surface area contributed by atoms with E-state index in [-0.39, 0.29) is 23.4 Å². The van der Waals surface area contributed by atoms with E-state index in [0.29, 0.717) is 32.2 Å². The van der Waals surface area contributed by atoms with Crippen molar-refractivity contribution < 1.29 is 18.0 Å². The highest BCUT2D eigenvalue weighted by Crippen LogP contribution is 2.28. The van der Waals surface area contributed by atoms with Crippen LogP contribution in [0.15, 0.2) is 82.2 Å². The molecule has 0 aromatic heterocycles. The molecule has 0 heterocycles. The fraction of sp³-hybridized carbons (Fsp3) is 0.333. The summed E-state index contributed by atoms with van der Waals surface area (Å²) in [5.41, 5.74) is 0.904. The number of amides is 2. The molecule has 3 aromatic rings. The number of halogens is 3. The molecule has 1 fully saturated rings. The number of nitrogens with zero attached hydrogens (tertiary/aromatic N) is 2. The van der Waals surface area contributed by atoms with Gasteiger partial charge in [-0.05, 0) is 67.3 Å². The van der Waals surface area contributed by atoms with Gasteiger partial charge in [0.15, 0.2) is 0 Å². The molecule has 41 heavy (non-hydrogen) atoms. The molecule has 1 aliphatic rings. The van der Waals surface area contributed by atoms with Crippen LogP contribution in [-0.2, 0) is 26.2 Å². The highest BCUT2D eigenvalue weighted by Gasteiger charge is 2.34. The topological polar surface area (TPSA) is 86.8 Å². The highest BCUT2D eigenvalue weighted by molar-refractivity contribution is 9.10. The van der Waals surface area contributed by atoms with Gasteiger partial charge < -0.3 is 10.2 Å². The van der Waals surface area contributed by atoms with Crippen LogP contribution in [0.5, 0.6) is 0 Å². The summed E-state index contributed by atoms with van der Waals surface area (Å²) in [7, 11) is -4.14. The highest BCUT2D eigenvalue weighted by atomic mass is 79.9. The normalized spacial score (nSPS) is 14.4. The van der Waals surface area contributed by atoms with Gasteiger partial charge >= 0.3 is 0 Å². The Labute approximate surface area is 260 Å². The lowest BCUT2D eigenvalue weighted by Crippen LogP contribution is -2.53. The molecule has 0 radical (unpaired) electrons. The molecule has 2 amide bonds. The Balaban J connectivity index is 1.73. The quantitative estimate of drug-likeness (QED) is 0.241. The van der Waals surface area contributed by atoms with Gasteiger partial charge in [-0.15, -0.1) is 0 Å². The standard InChI is InChI=1S/C30H32BrCl2N3O4S/c1-2-28(30(38)34-24-10-6-7-11-24)35(19-21-15-16-23(32)18-27(21)33)29(37)20-36(25-12-8-9-22(31)17-25)41(39,40)26-13-4-3-5-14-26/h3-5,8-9,12-18,24,28H,2,6-7,10-11,19-20H2,1H3,(H,34,38). The van der Waals surface area contributed by atoms with Crippen molar-refractivity contribution in [1.82, 2.24) is 10.2 Å². The summed E-state index contributed by atoms with van der Waals surface area (Å²) >= 11 is 16.0. The van der Waals surface area contributed by atoms with Crippen LogP contribution in [0.1, 0.15) is 44.6 Å². The van der Waals surface area contributed by atoms with Crippen molar-refractivity contribution in [2.24, 2.45) is 0 Å². The number of nitrogens with one attached hydrogen (secondary N) is 1. The minimum atomic E-state index is -4.14. The molecule has 7 nitrogen and oxygen atoms in total. The molecular weight excluding hydrogens is 649 g/mol. The number of benzene rings is 3. The number of hydrogen-bond acceptors (Lipinski definition) is 4. The maximum absolute atomic E-state index is 14.2. The predicted molar refractivity (Wildman–Crippen MR) is 167 cm³/mol. The van der Waals surface area contributed by atoms with E-state index in [2.05, 4.69) is 21.2 Å². The first-order valence-corrected chi connectivity index (χ1v) is 16.5. The summed E-state index contributed by atoms with van der Waals surface area (Å²) in [5, 5.41) is 3.89. The van der Waals surface area contributed by atoms with Crippen molar-refractivity contribution in [2.45, 2.75) is 62.6 Å². The van der Waals surface area contributed by atoms with Crippen LogP contribution in [0.25, 0.3) is 0 Å². The zero-order chi connectivity index (χ0) is 29.6. The molecule has 218 valence electrons. The van der Waals surface area contributed by atoms with Crippen LogP contribution >= 0.6 is 39.1 Å². The van der Waals surface area contributed by atoms with Crippen LogP contribution in [0.2, 0.25) is 10.0 Å². The molecule has 3 aromatic carbocycles. The largest absolute Gasteiger partial charge is 0.352 e. The number of rotatable bonds is 11. The molecule has 1 unspecified atom stereocenters. The average Bonchev–Trinajstić information content (AvgIpc) is 3.46. The molecule has 4 rings (SSSR count). The van der Waals surface area contributed by atoms with Crippen molar-refractivity contribution in [3.63, 3.8) is 0 Å². The van der Waals surface area contributed by atoms with Crippen LogP contribution in [-0.4, -0.2) is 43.8 Å². The Bertz CT molecular complexity index is 1480. The Hall–Kier alpha value is -2.59. The lowest BCUT2D eigenvalue weighted by atomic mass is 10.1. The Morgan fingerprint density at radius 3 is 2.34 bits per heavy atom. The van der Waals surface area contributed by atoms with Gasteiger partial charge in [-0.1, -0.05) is 89.2 Å². The summed E-state index contributed by atoms with van der Waals surface area (Å²) in [5.74, 6) is -0.804. The second kappa shape index (κ2) is 14.1. The molecule has 0 spiro atoms. The summed E-state index contributed by atoms with van der Waals surface area (Å²) in [4.78, 5) is 29.2. The third-order valence-electron chi connectivity index (χ3n) is 7.15. The van der Waals surface area contributed by atoms with Crippen molar-refractivity contribution in [2.75, 3.05) is 10.8 Å². The third-order valence-corrected chi connectivity index (χ3v) is 10.0. The minimum Gasteiger partial charge on any atom is -0.352 e. The summed E-state index contributed by atoms with van der Waals surface area (Å²) in [6, 6.07) is 18.9. The smallest absolute Gasteiger partial charge is 0.264 e. The van der Waals surface area contributed by atoms with Crippen LogP contribution < -0.4 is 9.62 Å². The number of carbonyl (C=O) groups is 2. The molecule has 0 bridgehead atoms. The lowest BCUT2D eigenvalue weighted by molar-refractivity contribution is -0.140. The maximum Gasteiger partial charge on any atom is 0.264 e. The van der Waals surface area contributed by atoms with E-state index in [1.54, 1.807) is 60.7 Å². The van der Waals surface area contributed by atoms with E-state index >= 15 is 0 Å². The van der Waals surface area contributed by atoms with Gasteiger partial charge in [-0.3, -0.25) is 13.9 Å². The monoisotopic (exact) mass is 679 g/mol. The lowest BCUT2D eigenvalue weighted by Gasteiger charge is -2.34. The molecule has 0 saturated heterocycles. The van der Waals surface area contributed by atoms with Crippen molar-refractivity contribution in [1.29, 1.82) is 0 Å². The molecular formula is C30H32BrCl2N3O4S. The van der Waals surface area contributed by atoms with Gasteiger partial charge in [0.1, 0.15) is 12.6 Å². The van der Waals surface area contributed by atoms with E-state index in [1.807, 2.05) is 6.92 Å². The Kier molecular flexibility index (Phi) is 10.7. The predicted octanol–water partition coefficient (Wildman–Crippen LogP) is 6.82. The van der Waals surface area contributed by atoms with Gasteiger partial charge in [0.25, 0.3) is 10.0 Å². The van der Waals surface area contributed by atoms with Crippen molar-refractivity contribution in [3.8, 4) is 0 Å². The van der Waals surface area contributed by atoms with Gasteiger partial charge in [0.05, 0.1) is 10.6 Å². The first-order chi connectivity index (χ1) is 19.6. The number of anilines is 1. The minimum absolute atomic E-state index is 0.00311. The summed E-state index contributed by atoms with van der Waals surface area (Å²) < 4.78 is 29.5. The maximum atomic E-state index is 14.2. The Morgan fingerprint density at radius 2 is 1.71 bits per heavy atom. The van der Waals surface area contributed by atoms with E-state index in [0.717, 1.165) is 30.0 Å². The van der Waals surface area contributed by atoms with E-state index in [4.69, 9.17) is 23.2 Å². The van der Waals surface area contributed by atoms with Crippen LogP contribution in [0.4, 0.5) is 5.69 Å². The fourth-order valence-electron chi connectivity index (χ4n) is 5.00. The molecule has 1 saturated carbocycles. The van der Waals surface area contributed by atoms with Crippen LogP contribution in [0.3, 0.4) is 0 Å². The fourth-order valence-corrected chi connectivity index (χ4v) is 7.28. The zero-order valence-electron chi connectivity index (χ0n) is 22.6. The van der Waals surface area contributed by atoms with Crippen LogP contribution in [0, 0.1) is 0 Å². The number of carbonyl (C=O) groups excluding carboxylic acids is 2. The van der Waals surface area contributed by atoms with Gasteiger partial charge in [-0.25, -0.2) is 8.42 Å². The zero-order valence-corrected chi connectivity index (χ0v) is 26.5. The van der Waals surface area contributed by atoms with Crippen molar-refractivity contribution in [3.05, 3.63) is 92.9 Å². The average molecular weight is 681 g/mol. The first kappa shape index (κ1) is 31.3. The van der Waals surface area contributed by atoms with Gasteiger partial charge in [0.2, 0.25) is 11.8 Å². The van der Waals surface area contributed by atoms with E-state index < -0.39 is 28.5 Å². The number of sulfonamides is 1. The summed E-state index contributed by atoms with van der Waals surface area (Å²) in [6.07, 6.45) is 4.21. The molecule has 0 aliphatic heterocycles. The summed E-state index contributed by atoms with van der Waals surface area (Å²) in [6.45, 7) is 1.31. The van der Waals surface area contributed by atoms with E-state index in [9.17, 15) is 18.0 Å².